The molecule has 0 amide bonds. The Morgan fingerprint density at radius 2 is 2.16 bits per heavy atom. The molecule has 1 heterocycles. The molecule has 0 aliphatic carbocycles. The topological polar surface area (TPSA) is 55.8 Å². The molecule has 0 bridgehead atoms. The lowest BCUT2D eigenvalue weighted by molar-refractivity contribution is -0.131. The van der Waals surface area contributed by atoms with E-state index in [-0.39, 0.29) is 5.60 Å². The van der Waals surface area contributed by atoms with Gasteiger partial charge in [0.1, 0.15) is 0 Å². The van der Waals surface area contributed by atoms with Crippen LogP contribution in [0.25, 0.3) is 6.08 Å². The third-order valence-corrected chi connectivity index (χ3v) is 3.09. The quantitative estimate of drug-likeness (QED) is 0.617. The summed E-state index contributed by atoms with van der Waals surface area (Å²) >= 11 is 1.55. The first-order valence-electron chi connectivity index (χ1n) is 6.07. The number of carboxylic acid groups (broad SMARTS) is 1. The largest absolute Gasteiger partial charge is 0.478 e. The number of rotatable bonds is 7. The maximum atomic E-state index is 10.5. The van der Waals surface area contributed by atoms with Crippen LogP contribution < -0.4 is 0 Å². The Morgan fingerprint density at radius 1 is 1.42 bits per heavy atom. The van der Waals surface area contributed by atoms with Gasteiger partial charge in [-0.25, -0.2) is 4.79 Å². The highest BCUT2D eigenvalue weighted by Gasteiger charge is 2.09. The van der Waals surface area contributed by atoms with E-state index in [1.165, 1.54) is 0 Å². The van der Waals surface area contributed by atoms with E-state index in [1.54, 1.807) is 17.4 Å². The van der Waals surface area contributed by atoms with Crippen LogP contribution in [-0.2, 0) is 20.9 Å². The van der Waals surface area contributed by atoms with Crippen molar-refractivity contribution in [2.24, 2.45) is 0 Å². The minimum Gasteiger partial charge on any atom is -0.478 e. The summed E-state index contributed by atoms with van der Waals surface area (Å²) in [4.78, 5) is 11.5. The summed E-state index contributed by atoms with van der Waals surface area (Å²) in [5.74, 6) is -0.948. The molecule has 0 aliphatic heterocycles. The highest BCUT2D eigenvalue weighted by Crippen LogP contribution is 2.19. The lowest BCUT2D eigenvalue weighted by Crippen LogP contribution is -2.21. The fourth-order valence-corrected chi connectivity index (χ4v) is 2.15. The van der Waals surface area contributed by atoms with E-state index in [9.17, 15) is 4.79 Å². The second kappa shape index (κ2) is 7.43. The highest BCUT2D eigenvalue weighted by atomic mass is 32.1. The van der Waals surface area contributed by atoms with E-state index in [1.807, 2.05) is 32.2 Å². The van der Waals surface area contributed by atoms with Gasteiger partial charge in [-0.05, 0) is 43.9 Å². The van der Waals surface area contributed by atoms with Gasteiger partial charge in [0.05, 0.1) is 25.4 Å². The van der Waals surface area contributed by atoms with Gasteiger partial charge in [-0.3, -0.25) is 0 Å². The molecule has 0 radical (unpaired) electrons. The second-order valence-corrected chi connectivity index (χ2v) is 5.98. The van der Waals surface area contributed by atoms with E-state index in [4.69, 9.17) is 14.6 Å². The molecule has 106 valence electrons. The summed E-state index contributed by atoms with van der Waals surface area (Å²) in [5.41, 5.74) is 0.742. The van der Waals surface area contributed by atoms with Crippen molar-refractivity contribution in [1.29, 1.82) is 0 Å². The SMILES string of the molecule is CC(C)(C)OCCOCc1sccc1/C=C/C(=O)O. The summed E-state index contributed by atoms with van der Waals surface area (Å²) in [7, 11) is 0. The van der Waals surface area contributed by atoms with Gasteiger partial charge < -0.3 is 14.6 Å². The number of hydrogen-bond donors (Lipinski definition) is 1. The first-order chi connectivity index (χ1) is 8.88. The predicted octanol–water partition coefficient (Wildman–Crippen LogP) is 3.18. The monoisotopic (exact) mass is 284 g/mol. The predicted molar refractivity (Wildman–Crippen MR) is 76.3 cm³/mol. The van der Waals surface area contributed by atoms with Gasteiger partial charge >= 0.3 is 5.97 Å². The zero-order valence-corrected chi connectivity index (χ0v) is 12.3. The van der Waals surface area contributed by atoms with Crippen LogP contribution in [0.2, 0.25) is 0 Å². The first kappa shape index (κ1) is 15.9. The van der Waals surface area contributed by atoms with Gasteiger partial charge in [0.25, 0.3) is 0 Å². The van der Waals surface area contributed by atoms with Crippen LogP contribution in [0.1, 0.15) is 31.2 Å². The van der Waals surface area contributed by atoms with E-state index in [2.05, 4.69) is 0 Å². The van der Waals surface area contributed by atoms with E-state index in [0.717, 1.165) is 16.5 Å². The molecule has 1 N–H and O–H groups in total. The molecular weight excluding hydrogens is 264 g/mol. The number of hydrogen-bond acceptors (Lipinski definition) is 4. The standard InChI is InChI=1S/C14H20O4S/c1-14(2,3)18-8-7-17-10-12-11(6-9-19-12)4-5-13(15)16/h4-6,9H,7-8,10H2,1-3H3,(H,15,16)/b5-4+. The Hall–Kier alpha value is -1.17. The summed E-state index contributed by atoms with van der Waals surface area (Å²) < 4.78 is 11.1. The average Bonchev–Trinajstić information content (AvgIpc) is 2.72. The zero-order chi connectivity index (χ0) is 14.3. The molecule has 19 heavy (non-hydrogen) atoms. The Bertz CT molecular complexity index is 429. The maximum Gasteiger partial charge on any atom is 0.328 e. The molecule has 1 aromatic rings. The molecule has 1 aromatic heterocycles. The summed E-state index contributed by atoms with van der Waals surface area (Å²) in [5, 5.41) is 10.5. The van der Waals surface area contributed by atoms with Crippen LogP contribution in [0.15, 0.2) is 17.5 Å². The van der Waals surface area contributed by atoms with Crippen LogP contribution in [0.5, 0.6) is 0 Å². The molecule has 0 unspecified atom stereocenters. The van der Waals surface area contributed by atoms with Crippen LogP contribution in [0.4, 0.5) is 0 Å². The number of aliphatic carboxylic acids is 1. The number of carboxylic acids is 1. The van der Waals surface area contributed by atoms with Gasteiger partial charge in [-0.1, -0.05) is 0 Å². The van der Waals surface area contributed by atoms with Gasteiger partial charge in [-0.15, -0.1) is 11.3 Å². The van der Waals surface area contributed by atoms with Gasteiger partial charge in [-0.2, -0.15) is 0 Å². The maximum absolute atomic E-state index is 10.5. The smallest absolute Gasteiger partial charge is 0.328 e. The number of ether oxygens (including phenoxy) is 2. The highest BCUT2D eigenvalue weighted by molar-refractivity contribution is 7.10. The van der Waals surface area contributed by atoms with E-state index in [0.29, 0.717) is 19.8 Å². The molecule has 0 aromatic carbocycles. The molecule has 5 heteroatoms. The summed E-state index contributed by atoms with van der Waals surface area (Å²) in [6.45, 7) is 7.56. The fraction of sp³-hybridized carbons (Fsp3) is 0.500. The molecule has 0 aliphatic rings. The molecule has 4 nitrogen and oxygen atoms in total. The van der Waals surface area contributed by atoms with Crippen LogP contribution >= 0.6 is 11.3 Å². The van der Waals surface area contributed by atoms with Crippen molar-refractivity contribution in [3.63, 3.8) is 0 Å². The Morgan fingerprint density at radius 3 is 2.79 bits per heavy atom. The molecule has 0 spiro atoms. The third-order valence-electron chi connectivity index (χ3n) is 2.18. The van der Waals surface area contributed by atoms with Crippen LogP contribution in [0.3, 0.4) is 0 Å². The molecule has 0 atom stereocenters. The van der Waals surface area contributed by atoms with Gasteiger partial charge in [0, 0.05) is 11.0 Å². The second-order valence-electron chi connectivity index (χ2n) is 4.98. The molecular formula is C14H20O4S. The van der Waals surface area contributed by atoms with Crippen molar-refractivity contribution < 1.29 is 19.4 Å². The van der Waals surface area contributed by atoms with Crippen molar-refractivity contribution in [2.45, 2.75) is 33.0 Å². The van der Waals surface area contributed by atoms with Crippen molar-refractivity contribution in [3.8, 4) is 0 Å². The van der Waals surface area contributed by atoms with Crippen molar-refractivity contribution in [1.82, 2.24) is 0 Å². The third kappa shape index (κ3) is 7.10. The summed E-state index contributed by atoms with van der Waals surface area (Å²) in [6, 6.07) is 1.88. The first-order valence-corrected chi connectivity index (χ1v) is 6.95. The zero-order valence-electron chi connectivity index (χ0n) is 11.5. The lowest BCUT2D eigenvalue weighted by atomic mass is 10.2. The fourth-order valence-electron chi connectivity index (χ4n) is 1.35. The Labute approximate surface area is 117 Å². The van der Waals surface area contributed by atoms with Crippen LogP contribution in [0, 0.1) is 0 Å². The normalized spacial score (nSPS) is 12.2. The Balaban J connectivity index is 2.34. The molecule has 0 saturated heterocycles. The van der Waals surface area contributed by atoms with E-state index < -0.39 is 5.97 Å². The van der Waals surface area contributed by atoms with Crippen molar-refractivity contribution in [2.75, 3.05) is 13.2 Å². The molecule has 0 saturated carbocycles. The van der Waals surface area contributed by atoms with Gasteiger partial charge in [0.15, 0.2) is 0 Å². The minimum absolute atomic E-state index is 0.151. The average molecular weight is 284 g/mol. The Kier molecular flexibility index (Phi) is 6.21. The van der Waals surface area contributed by atoms with Gasteiger partial charge in [0.2, 0.25) is 0 Å². The molecule has 0 fully saturated rings. The lowest BCUT2D eigenvalue weighted by Gasteiger charge is -2.19. The van der Waals surface area contributed by atoms with Crippen LogP contribution in [-0.4, -0.2) is 29.9 Å². The number of carbonyl (C=O) groups is 1. The number of thiophene rings is 1. The summed E-state index contributed by atoms with van der Waals surface area (Å²) in [6.07, 6.45) is 2.72. The van der Waals surface area contributed by atoms with Crippen molar-refractivity contribution >= 4 is 23.4 Å². The molecule has 1 rings (SSSR count). The minimum atomic E-state index is -0.948. The van der Waals surface area contributed by atoms with Crippen molar-refractivity contribution in [3.05, 3.63) is 28.0 Å². The van der Waals surface area contributed by atoms with E-state index >= 15 is 0 Å².